The van der Waals surface area contributed by atoms with E-state index in [1.54, 1.807) is 25.3 Å². The number of methoxy groups -OCH3 is 1. The number of benzene rings is 1. The summed E-state index contributed by atoms with van der Waals surface area (Å²) in [4.78, 5) is 21.3. The molecule has 0 saturated carbocycles. The quantitative estimate of drug-likeness (QED) is 0.641. The first-order valence-corrected chi connectivity index (χ1v) is 7.58. The summed E-state index contributed by atoms with van der Waals surface area (Å²) in [6.07, 6.45) is 2.62. The Hall–Kier alpha value is -2.34. The van der Waals surface area contributed by atoms with Crippen LogP contribution in [0.15, 0.2) is 35.0 Å². The van der Waals surface area contributed by atoms with Crippen LogP contribution in [-0.4, -0.2) is 24.9 Å². The van der Waals surface area contributed by atoms with Crippen LogP contribution in [-0.2, 0) is 9.63 Å². The van der Waals surface area contributed by atoms with Crippen molar-refractivity contribution in [1.29, 1.82) is 0 Å². The molecule has 1 atom stereocenters. The van der Waals surface area contributed by atoms with Gasteiger partial charge in [-0.25, -0.2) is 0 Å². The van der Waals surface area contributed by atoms with Gasteiger partial charge in [-0.2, -0.15) is 4.99 Å². The molecule has 23 heavy (non-hydrogen) atoms. The highest BCUT2D eigenvalue weighted by Gasteiger charge is 2.23. The molecule has 3 N–H and O–H groups in total. The first kappa shape index (κ1) is 17.0. The summed E-state index contributed by atoms with van der Waals surface area (Å²) in [5.74, 6) is 1.00. The zero-order valence-electron chi connectivity index (χ0n) is 13.9. The number of nitrogens with two attached hydrogens (primary N) is 1. The minimum absolute atomic E-state index is 0.0184. The van der Waals surface area contributed by atoms with Crippen molar-refractivity contribution < 1.29 is 14.4 Å². The van der Waals surface area contributed by atoms with Gasteiger partial charge in [-0.05, 0) is 37.0 Å². The normalized spacial score (nSPS) is 17.9. The summed E-state index contributed by atoms with van der Waals surface area (Å²) in [6, 6.07) is 5.44. The van der Waals surface area contributed by atoms with Gasteiger partial charge in [0.05, 0.1) is 13.2 Å². The van der Waals surface area contributed by atoms with Crippen LogP contribution in [0.25, 0.3) is 0 Å². The number of aliphatic imine (C=N–C) groups is 1. The molecule has 124 valence electrons. The Morgan fingerprint density at radius 1 is 1.48 bits per heavy atom. The zero-order valence-corrected chi connectivity index (χ0v) is 13.9. The lowest BCUT2D eigenvalue weighted by molar-refractivity contribution is -0.118. The van der Waals surface area contributed by atoms with Gasteiger partial charge < -0.3 is 15.3 Å². The Labute approximate surface area is 136 Å². The van der Waals surface area contributed by atoms with Crippen molar-refractivity contribution in [3.63, 3.8) is 0 Å². The van der Waals surface area contributed by atoms with E-state index >= 15 is 0 Å². The van der Waals surface area contributed by atoms with Gasteiger partial charge in [0, 0.05) is 5.56 Å². The van der Waals surface area contributed by atoms with Crippen molar-refractivity contribution in [2.24, 2.45) is 16.6 Å². The highest BCUT2D eigenvalue weighted by molar-refractivity contribution is 6.08. The first-order valence-electron chi connectivity index (χ1n) is 7.58. The number of carbonyl (C=O) groups excluding carboxylic acids is 1. The summed E-state index contributed by atoms with van der Waals surface area (Å²) in [6.45, 7) is 6.14. The van der Waals surface area contributed by atoms with Crippen molar-refractivity contribution in [2.75, 3.05) is 7.11 Å². The number of hydrogen-bond donors (Lipinski definition) is 2. The average molecular weight is 317 g/mol. The fourth-order valence-corrected chi connectivity index (χ4v) is 2.34. The van der Waals surface area contributed by atoms with Gasteiger partial charge in [0.2, 0.25) is 5.76 Å². The summed E-state index contributed by atoms with van der Waals surface area (Å²) in [5.41, 5.74) is 10.4. The summed E-state index contributed by atoms with van der Waals surface area (Å²) >= 11 is 0. The minimum atomic E-state index is -0.499. The van der Waals surface area contributed by atoms with Gasteiger partial charge in [-0.3, -0.25) is 4.79 Å². The second kappa shape index (κ2) is 7.28. The molecule has 1 heterocycles. The standard InChI is InChI=1S/C17H23N3O3/c1-10(2)7-13-9-15(23-20-13)17(21)19-16(18)12-6-5-11(3)14(8-12)22-4/h5-6,8-10,13,20H,7H2,1-4H3,(H2,18,19,21). The molecule has 0 aliphatic carbocycles. The molecule has 0 radical (unpaired) electrons. The van der Waals surface area contributed by atoms with Crippen molar-refractivity contribution in [1.82, 2.24) is 5.48 Å². The van der Waals surface area contributed by atoms with E-state index in [0.29, 0.717) is 17.2 Å². The molecule has 6 nitrogen and oxygen atoms in total. The van der Waals surface area contributed by atoms with E-state index in [1.165, 1.54) is 0 Å². The summed E-state index contributed by atoms with van der Waals surface area (Å²) < 4.78 is 5.25. The number of hydrogen-bond acceptors (Lipinski definition) is 4. The third kappa shape index (κ3) is 4.32. The summed E-state index contributed by atoms with van der Waals surface area (Å²) in [7, 11) is 1.59. The SMILES string of the molecule is COc1cc(C(N)=NC(=O)C2=CC(CC(C)C)NO2)ccc1C. The van der Waals surface area contributed by atoms with Gasteiger partial charge >= 0.3 is 5.91 Å². The van der Waals surface area contributed by atoms with E-state index in [1.807, 2.05) is 13.0 Å². The average Bonchev–Trinajstić information content (AvgIpc) is 2.95. The van der Waals surface area contributed by atoms with Crippen LogP contribution in [0, 0.1) is 12.8 Å². The van der Waals surface area contributed by atoms with Gasteiger partial charge in [0.1, 0.15) is 11.6 Å². The van der Waals surface area contributed by atoms with Gasteiger partial charge in [0.15, 0.2) is 0 Å². The number of ether oxygens (including phenoxy) is 1. The molecule has 1 aliphatic rings. The second-order valence-corrected chi connectivity index (χ2v) is 5.97. The van der Waals surface area contributed by atoms with E-state index in [0.717, 1.165) is 12.0 Å². The number of nitrogens with zero attached hydrogens (tertiary/aromatic N) is 1. The monoisotopic (exact) mass is 317 g/mol. The van der Waals surface area contributed by atoms with E-state index in [4.69, 9.17) is 15.3 Å². The fraction of sp³-hybridized carbons (Fsp3) is 0.412. The Balaban J connectivity index is 2.13. The van der Waals surface area contributed by atoms with Crippen molar-refractivity contribution in [2.45, 2.75) is 33.2 Å². The van der Waals surface area contributed by atoms with Gasteiger partial charge in [0.25, 0.3) is 0 Å². The van der Waals surface area contributed by atoms with Crippen LogP contribution in [0.2, 0.25) is 0 Å². The van der Waals surface area contributed by atoms with Crippen LogP contribution < -0.4 is 16.0 Å². The molecule has 1 amide bonds. The van der Waals surface area contributed by atoms with Crippen molar-refractivity contribution in [3.05, 3.63) is 41.2 Å². The molecule has 1 aliphatic heterocycles. The van der Waals surface area contributed by atoms with Crippen molar-refractivity contribution >= 4 is 11.7 Å². The molecular formula is C17H23N3O3. The first-order chi connectivity index (χ1) is 10.9. The molecular weight excluding hydrogens is 294 g/mol. The lowest BCUT2D eigenvalue weighted by atomic mass is 10.0. The van der Waals surface area contributed by atoms with Crippen LogP contribution in [0.4, 0.5) is 0 Å². The molecule has 2 rings (SSSR count). The highest BCUT2D eigenvalue weighted by atomic mass is 16.7. The second-order valence-electron chi connectivity index (χ2n) is 5.97. The lowest BCUT2D eigenvalue weighted by Crippen LogP contribution is -2.22. The Morgan fingerprint density at radius 2 is 2.22 bits per heavy atom. The molecule has 1 aromatic carbocycles. The van der Waals surface area contributed by atoms with Crippen molar-refractivity contribution in [3.8, 4) is 5.75 Å². The molecule has 6 heteroatoms. The maximum Gasteiger partial charge on any atom is 0.316 e. The molecule has 0 saturated heterocycles. The predicted octanol–water partition coefficient (Wildman–Crippen LogP) is 2.07. The number of aryl methyl sites for hydroxylation is 1. The van der Waals surface area contributed by atoms with E-state index in [9.17, 15) is 4.79 Å². The van der Waals surface area contributed by atoms with E-state index < -0.39 is 5.91 Å². The van der Waals surface area contributed by atoms with Crippen LogP contribution in [0.5, 0.6) is 5.75 Å². The molecule has 0 aromatic heterocycles. The third-order valence-corrected chi connectivity index (χ3v) is 3.53. The molecule has 1 unspecified atom stereocenters. The predicted molar refractivity (Wildman–Crippen MR) is 89.0 cm³/mol. The van der Waals surface area contributed by atoms with Gasteiger partial charge in [-0.1, -0.05) is 26.0 Å². The number of hydroxylamine groups is 1. The largest absolute Gasteiger partial charge is 0.496 e. The third-order valence-electron chi connectivity index (χ3n) is 3.53. The Bertz CT molecular complexity index is 650. The molecule has 0 bridgehead atoms. The number of carbonyl (C=O) groups is 1. The number of amides is 1. The maximum absolute atomic E-state index is 12.1. The minimum Gasteiger partial charge on any atom is -0.496 e. The topological polar surface area (TPSA) is 85.9 Å². The highest BCUT2D eigenvalue weighted by Crippen LogP contribution is 2.19. The maximum atomic E-state index is 12.1. The van der Waals surface area contributed by atoms with E-state index in [2.05, 4.69) is 24.3 Å². The van der Waals surface area contributed by atoms with E-state index in [-0.39, 0.29) is 17.6 Å². The lowest BCUT2D eigenvalue weighted by Gasteiger charge is -2.09. The van der Waals surface area contributed by atoms with Crippen LogP contribution in [0.3, 0.4) is 0 Å². The molecule has 0 fully saturated rings. The molecule has 1 aromatic rings. The number of rotatable bonds is 5. The summed E-state index contributed by atoms with van der Waals surface area (Å²) in [5, 5.41) is 0. The van der Waals surface area contributed by atoms with Crippen LogP contribution in [0.1, 0.15) is 31.4 Å². The van der Waals surface area contributed by atoms with Crippen LogP contribution >= 0.6 is 0 Å². The Morgan fingerprint density at radius 3 is 2.87 bits per heavy atom. The number of nitrogens with one attached hydrogen (secondary N) is 1. The molecule has 0 spiro atoms. The smallest absolute Gasteiger partial charge is 0.316 e. The van der Waals surface area contributed by atoms with Gasteiger partial charge in [-0.15, -0.1) is 5.48 Å². The number of amidine groups is 1. The fourth-order valence-electron chi connectivity index (χ4n) is 2.34. The zero-order chi connectivity index (χ0) is 17.0. The Kier molecular flexibility index (Phi) is 5.39.